The van der Waals surface area contributed by atoms with Crippen LogP contribution in [0.3, 0.4) is 0 Å². The van der Waals surface area contributed by atoms with Crippen LogP contribution in [0.5, 0.6) is 0 Å². The van der Waals surface area contributed by atoms with Crippen LogP contribution >= 0.6 is 0 Å². The van der Waals surface area contributed by atoms with Crippen molar-refractivity contribution in [2.45, 2.75) is 37.6 Å². The summed E-state index contributed by atoms with van der Waals surface area (Å²) in [5, 5.41) is 12.6. The fourth-order valence-corrected chi connectivity index (χ4v) is 3.20. The molecule has 2 aliphatic rings. The summed E-state index contributed by atoms with van der Waals surface area (Å²) in [5.74, 6) is 0.136. The van der Waals surface area contributed by atoms with Crippen LogP contribution in [0.25, 0.3) is 0 Å². The maximum atomic E-state index is 12.9. The highest BCUT2D eigenvalue weighted by molar-refractivity contribution is 5.86. The van der Waals surface area contributed by atoms with E-state index in [1.807, 2.05) is 29.2 Å². The zero-order chi connectivity index (χ0) is 13.9. The fraction of sp³-hybridized carbons (Fsp3) is 0.562. The number of anilines is 1. The Balaban J connectivity index is 1.82. The van der Waals surface area contributed by atoms with Crippen molar-refractivity contribution < 1.29 is 9.90 Å². The van der Waals surface area contributed by atoms with Gasteiger partial charge in [0.15, 0.2) is 0 Å². The van der Waals surface area contributed by atoms with Gasteiger partial charge in [-0.25, -0.2) is 0 Å². The lowest BCUT2D eigenvalue weighted by Crippen LogP contribution is -2.48. The van der Waals surface area contributed by atoms with Gasteiger partial charge in [0.25, 0.3) is 0 Å². The predicted molar refractivity (Wildman–Crippen MR) is 78.7 cm³/mol. The van der Waals surface area contributed by atoms with E-state index in [2.05, 4.69) is 5.32 Å². The number of rotatable bonds is 4. The summed E-state index contributed by atoms with van der Waals surface area (Å²) in [6.07, 6.45) is 4.20. The van der Waals surface area contributed by atoms with Crippen LogP contribution in [0.2, 0.25) is 0 Å². The molecule has 4 nitrogen and oxygen atoms in total. The smallest absolute Gasteiger partial charge is 0.230 e. The molecule has 0 radical (unpaired) electrons. The van der Waals surface area contributed by atoms with E-state index in [1.54, 1.807) is 0 Å². The molecule has 1 aliphatic heterocycles. The number of nitrogens with zero attached hydrogens (tertiary/aromatic N) is 1. The molecule has 1 heterocycles. The highest BCUT2D eigenvalue weighted by Crippen LogP contribution is 2.35. The summed E-state index contributed by atoms with van der Waals surface area (Å²) in [6, 6.07) is 8.41. The SMILES string of the molecule is O=C(C1CCNc2ccccc21)N(CCO)C1CCC1. The van der Waals surface area contributed by atoms with Gasteiger partial charge in [-0.15, -0.1) is 0 Å². The molecule has 20 heavy (non-hydrogen) atoms. The predicted octanol–water partition coefficient (Wildman–Crippen LogP) is 1.96. The first-order valence-corrected chi connectivity index (χ1v) is 7.55. The highest BCUT2D eigenvalue weighted by atomic mass is 16.3. The van der Waals surface area contributed by atoms with E-state index in [9.17, 15) is 9.90 Å². The first kappa shape index (κ1) is 13.4. The van der Waals surface area contributed by atoms with Crippen LogP contribution in [0.1, 0.15) is 37.2 Å². The van der Waals surface area contributed by atoms with Gasteiger partial charge in [0, 0.05) is 24.8 Å². The Morgan fingerprint density at radius 1 is 1.30 bits per heavy atom. The average molecular weight is 274 g/mol. The molecular formula is C16H22N2O2. The molecule has 1 saturated carbocycles. The maximum Gasteiger partial charge on any atom is 0.230 e. The second-order valence-electron chi connectivity index (χ2n) is 5.70. The molecule has 1 aromatic rings. The number of carbonyl (C=O) groups is 1. The molecule has 0 spiro atoms. The molecule has 1 aliphatic carbocycles. The molecule has 1 amide bonds. The van der Waals surface area contributed by atoms with Crippen molar-refractivity contribution in [3.63, 3.8) is 0 Å². The topological polar surface area (TPSA) is 52.6 Å². The Bertz CT molecular complexity index is 485. The van der Waals surface area contributed by atoms with Crippen LogP contribution in [0.4, 0.5) is 5.69 Å². The Morgan fingerprint density at radius 2 is 2.10 bits per heavy atom. The molecule has 3 rings (SSSR count). The third-order valence-corrected chi connectivity index (χ3v) is 4.52. The van der Waals surface area contributed by atoms with Gasteiger partial charge in [0.1, 0.15) is 0 Å². The number of fused-ring (bicyclic) bond motifs is 1. The summed E-state index contributed by atoms with van der Waals surface area (Å²) < 4.78 is 0. The van der Waals surface area contributed by atoms with E-state index in [1.165, 1.54) is 6.42 Å². The van der Waals surface area contributed by atoms with Gasteiger partial charge in [0.2, 0.25) is 5.91 Å². The van der Waals surface area contributed by atoms with Gasteiger partial charge >= 0.3 is 0 Å². The van der Waals surface area contributed by atoms with Crippen molar-refractivity contribution in [2.75, 3.05) is 25.0 Å². The molecule has 1 fully saturated rings. The molecular weight excluding hydrogens is 252 g/mol. The van der Waals surface area contributed by atoms with E-state index in [0.717, 1.165) is 37.1 Å². The molecule has 1 aromatic carbocycles. The van der Waals surface area contributed by atoms with Gasteiger partial charge < -0.3 is 15.3 Å². The first-order chi connectivity index (χ1) is 9.81. The minimum Gasteiger partial charge on any atom is -0.395 e. The third kappa shape index (κ3) is 2.40. The highest BCUT2D eigenvalue weighted by Gasteiger charge is 2.34. The number of nitrogens with one attached hydrogen (secondary N) is 1. The van der Waals surface area contributed by atoms with Gasteiger partial charge in [0.05, 0.1) is 12.5 Å². The summed E-state index contributed by atoms with van der Waals surface area (Å²) in [4.78, 5) is 14.8. The van der Waals surface area contributed by atoms with E-state index in [0.29, 0.717) is 12.6 Å². The van der Waals surface area contributed by atoms with E-state index in [4.69, 9.17) is 0 Å². The van der Waals surface area contributed by atoms with Crippen molar-refractivity contribution in [3.8, 4) is 0 Å². The van der Waals surface area contributed by atoms with Gasteiger partial charge in [-0.1, -0.05) is 18.2 Å². The van der Waals surface area contributed by atoms with Gasteiger partial charge in [-0.3, -0.25) is 4.79 Å². The minimum absolute atomic E-state index is 0.0505. The van der Waals surface area contributed by atoms with Gasteiger partial charge in [-0.2, -0.15) is 0 Å². The van der Waals surface area contributed by atoms with Crippen LogP contribution < -0.4 is 5.32 Å². The Hall–Kier alpha value is -1.55. The molecule has 2 N–H and O–H groups in total. The van der Waals surface area contributed by atoms with Crippen molar-refractivity contribution in [2.24, 2.45) is 0 Å². The van der Waals surface area contributed by atoms with Crippen LogP contribution in [0, 0.1) is 0 Å². The molecule has 1 unspecified atom stereocenters. The Morgan fingerprint density at radius 3 is 2.80 bits per heavy atom. The normalized spacial score (nSPS) is 21.6. The summed E-state index contributed by atoms with van der Waals surface area (Å²) in [6.45, 7) is 1.36. The van der Waals surface area contributed by atoms with Crippen LogP contribution in [0.15, 0.2) is 24.3 Å². The summed E-state index contributed by atoms with van der Waals surface area (Å²) >= 11 is 0. The lowest BCUT2D eigenvalue weighted by molar-refractivity contribution is -0.137. The molecule has 4 heteroatoms. The monoisotopic (exact) mass is 274 g/mol. The average Bonchev–Trinajstić information content (AvgIpc) is 2.43. The maximum absolute atomic E-state index is 12.9. The molecule has 108 valence electrons. The second kappa shape index (κ2) is 5.83. The molecule has 0 bridgehead atoms. The zero-order valence-electron chi connectivity index (χ0n) is 11.7. The zero-order valence-corrected chi connectivity index (χ0v) is 11.7. The largest absolute Gasteiger partial charge is 0.395 e. The number of amides is 1. The number of hydrogen-bond donors (Lipinski definition) is 2. The number of benzene rings is 1. The quantitative estimate of drug-likeness (QED) is 0.882. The Labute approximate surface area is 119 Å². The standard InChI is InChI=1S/C16H22N2O2/c19-11-10-18(12-4-3-5-12)16(20)14-8-9-17-15-7-2-1-6-13(14)15/h1-2,6-7,12,14,17,19H,3-5,8-11H2. The van der Waals surface area contributed by atoms with E-state index in [-0.39, 0.29) is 18.4 Å². The second-order valence-corrected chi connectivity index (χ2v) is 5.70. The summed E-state index contributed by atoms with van der Waals surface area (Å²) in [7, 11) is 0. The number of para-hydroxylation sites is 1. The number of hydrogen-bond acceptors (Lipinski definition) is 3. The summed E-state index contributed by atoms with van der Waals surface area (Å²) in [5.41, 5.74) is 2.18. The van der Waals surface area contributed by atoms with Crippen molar-refractivity contribution in [1.29, 1.82) is 0 Å². The van der Waals surface area contributed by atoms with Crippen molar-refractivity contribution in [3.05, 3.63) is 29.8 Å². The van der Waals surface area contributed by atoms with Crippen molar-refractivity contribution in [1.82, 2.24) is 4.90 Å². The molecule has 0 aromatic heterocycles. The number of carbonyl (C=O) groups excluding carboxylic acids is 1. The lowest BCUT2D eigenvalue weighted by atomic mass is 9.86. The number of aliphatic hydroxyl groups is 1. The van der Waals surface area contributed by atoms with Crippen LogP contribution in [-0.4, -0.2) is 41.7 Å². The number of aliphatic hydroxyl groups excluding tert-OH is 1. The fourth-order valence-electron chi connectivity index (χ4n) is 3.20. The van der Waals surface area contributed by atoms with Crippen molar-refractivity contribution >= 4 is 11.6 Å². The van der Waals surface area contributed by atoms with Gasteiger partial charge in [-0.05, 0) is 37.3 Å². The first-order valence-electron chi connectivity index (χ1n) is 7.55. The van der Waals surface area contributed by atoms with E-state index >= 15 is 0 Å². The molecule has 1 atom stereocenters. The van der Waals surface area contributed by atoms with Crippen LogP contribution in [-0.2, 0) is 4.79 Å². The van der Waals surface area contributed by atoms with E-state index < -0.39 is 0 Å². The third-order valence-electron chi connectivity index (χ3n) is 4.52. The lowest BCUT2D eigenvalue weighted by Gasteiger charge is -2.40. The minimum atomic E-state index is -0.0559. The Kier molecular flexibility index (Phi) is 3.92. The molecule has 0 saturated heterocycles.